The van der Waals surface area contributed by atoms with Crippen LogP contribution in [0.1, 0.15) is 10.4 Å². The van der Waals surface area contributed by atoms with E-state index in [9.17, 15) is 9.90 Å². The summed E-state index contributed by atoms with van der Waals surface area (Å²) in [6, 6.07) is 15.3. The van der Waals surface area contributed by atoms with Crippen molar-refractivity contribution in [2.75, 3.05) is 5.43 Å². The lowest BCUT2D eigenvalue weighted by molar-refractivity contribution is 0.0304. The van der Waals surface area contributed by atoms with Crippen LogP contribution < -0.4 is 11.0 Å². The van der Waals surface area contributed by atoms with E-state index in [0.29, 0.717) is 0 Å². The lowest BCUT2D eigenvalue weighted by atomic mass is 10.2. The van der Waals surface area contributed by atoms with E-state index in [2.05, 4.69) is 11.0 Å². The monoisotopic (exact) mass is 244 g/mol. The molecule has 0 fully saturated rings. The third-order valence-corrected chi connectivity index (χ3v) is 2.24. The summed E-state index contributed by atoms with van der Waals surface area (Å²) in [6.07, 6.45) is 0. The molecule has 0 aliphatic rings. The molecule has 5 heteroatoms. The quantitative estimate of drug-likeness (QED) is 0.718. The highest BCUT2D eigenvalue weighted by Crippen LogP contribution is 2.15. The molecule has 0 atom stereocenters. The Kier molecular flexibility index (Phi) is 3.78. The van der Waals surface area contributed by atoms with Gasteiger partial charge in [-0.25, -0.2) is 4.79 Å². The summed E-state index contributed by atoms with van der Waals surface area (Å²) in [7, 11) is 0. The van der Waals surface area contributed by atoms with Crippen molar-refractivity contribution in [3.63, 3.8) is 0 Å². The zero-order valence-corrected chi connectivity index (χ0v) is 9.46. The van der Waals surface area contributed by atoms with E-state index < -0.39 is 5.97 Å². The number of aromatic hydroxyl groups is 1. The van der Waals surface area contributed by atoms with E-state index >= 15 is 0 Å². The van der Waals surface area contributed by atoms with Gasteiger partial charge in [0.25, 0.3) is 0 Å². The van der Waals surface area contributed by atoms with Crippen molar-refractivity contribution in [3.8, 4) is 5.75 Å². The first-order chi connectivity index (χ1) is 8.77. The largest absolute Gasteiger partial charge is 0.507 e. The summed E-state index contributed by atoms with van der Waals surface area (Å²) >= 11 is 0. The number of rotatable bonds is 4. The minimum absolute atomic E-state index is 0.0971. The molecule has 0 saturated carbocycles. The highest BCUT2D eigenvalue weighted by Gasteiger charge is 2.11. The fraction of sp³-hybridized carbons (Fsp3) is 0. The number of phenolic OH excluding ortho intramolecular Hbond substituents is 1. The Morgan fingerprint density at radius 3 is 2.39 bits per heavy atom. The van der Waals surface area contributed by atoms with Crippen molar-refractivity contribution in [1.82, 2.24) is 5.59 Å². The number of hydrazine groups is 1. The second-order valence-electron chi connectivity index (χ2n) is 3.50. The molecule has 3 N–H and O–H groups in total. The first-order valence-corrected chi connectivity index (χ1v) is 5.32. The van der Waals surface area contributed by atoms with Crippen LogP contribution >= 0.6 is 0 Å². The second-order valence-corrected chi connectivity index (χ2v) is 3.50. The lowest BCUT2D eigenvalue weighted by Crippen LogP contribution is -2.25. The Hall–Kier alpha value is -2.53. The number of para-hydroxylation sites is 2. The lowest BCUT2D eigenvalue weighted by Gasteiger charge is -2.08. The molecular weight excluding hydrogens is 232 g/mol. The molecule has 0 bridgehead atoms. The molecule has 18 heavy (non-hydrogen) atoms. The van der Waals surface area contributed by atoms with Crippen molar-refractivity contribution in [3.05, 3.63) is 60.2 Å². The van der Waals surface area contributed by atoms with Gasteiger partial charge in [-0.1, -0.05) is 35.9 Å². The Morgan fingerprint density at radius 1 is 1.00 bits per heavy atom. The van der Waals surface area contributed by atoms with Gasteiger partial charge in [0.15, 0.2) is 0 Å². The molecule has 2 aromatic rings. The molecule has 0 unspecified atom stereocenters. The Bertz CT molecular complexity index is 529. The number of carbonyl (C=O) groups excluding carboxylic acids is 1. The highest BCUT2D eigenvalue weighted by atomic mass is 16.7. The predicted octanol–water partition coefficient (Wildman–Crippen LogP) is 2.08. The number of hydrogen-bond donors (Lipinski definition) is 3. The maximum absolute atomic E-state index is 11.6. The first kappa shape index (κ1) is 11.9. The van der Waals surface area contributed by atoms with Gasteiger partial charge in [0.1, 0.15) is 11.3 Å². The van der Waals surface area contributed by atoms with Crippen molar-refractivity contribution in [2.24, 2.45) is 0 Å². The van der Waals surface area contributed by atoms with Gasteiger partial charge in [-0.3, -0.25) is 5.43 Å². The summed E-state index contributed by atoms with van der Waals surface area (Å²) in [5, 5.41) is 9.45. The molecule has 5 nitrogen and oxygen atoms in total. The standard InChI is InChI=1S/C13H12N2O3/c16-12-9-5-4-8-11(12)13(17)18-15-14-10-6-2-1-3-7-10/h1-9,14-16H. The summed E-state index contributed by atoms with van der Waals surface area (Å²) in [5.41, 5.74) is 5.86. The van der Waals surface area contributed by atoms with E-state index in [1.54, 1.807) is 24.3 Å². The van der Waals surface area contributed by atoms with E-state index in [1.165, 1.54) is 12.1 Å². The van der Waals surface area contributed by atoms with Gasteiger partial charge >= 0.3 is 5.97 Å². The van der Waals surface area contributed by atoms with Crippen LogP contribution in [-0.4, -0.2) is 11.1 Å². The third kappa shape index (κ3) is 2.99. The number of anilines is 1. The highest BCUT2D eigenvalue weighted by molar-refractivity contribution is 5.92. The van der Waals surface area contributed by atoms with Crippen LogP contribution in [0.4, 0.5) is 5.69 Å². The van der Waals surface area contributed by atoms with Gasteiger partial charge in [-0.15, -0.1) is 0 Å². The fourth-order valence-electron chi connectivity index (χ4n) is 1.35. The molecule has 0 amide bonds. The Balaban J connectivity index is 1.88. The van der Waals surface area contributed by atoms with Gasteiger partial charge in [-0.2, -0.15) is 0 Å². The SMILES string of the molecule is O=C(ONNc1ccccc1)c1ccccc1O. The Morgan fingerprint density at radius 2 is 1.67 bits per heavy atom. The molecule has 0 saturated heterocycles. The Labute approximate surface area is 104 Å². The average molecular weight is 244 g/mol. The van der Waals surface area contributed by atoms with E-state index in [0.717, 1.165) is 5.69 Å². The smallest absolute Gasteiger partial charge is 0.362 e. The minimum atomic E-state index is -0.670. The topological polar surface area (TPSA) is 70.6 Å². The number of phenols is 1. The number of benzene rings is 2. The predicted molar refractivity (Wildman–Crippen MR) is 66.7 cm³/mol. The number of nitrogens with one attached hydrogen (secondary N) is 2. The molecule has 0 aliphatic heterocycles. The molecule has 92 valence electrons. The van der Waals surface area contributed by atoms with Crippen molar-refractivity contribution >= 4 is 11.7 Å². The number of carbonyl (C=O) groups is 1. The molecule has 0 heterocycles. The van der Waals surface area contributed by atoms with Gasteiger partial charge in [0.2, 0.25) is 0 Å². The third-order valence-electron chi connectivity index (χ3n) is 2.24. The van der Waals surface area contributed by atoms with Crippen LogP contribution in [0, 0.1) is 0 Å². The summed E-state index contributed by atoms with van der Waals surface area (Å²) in [6.45, 7) is 0. The van der Waals surface area contributed by atoms with Crippen molar-refractivity contribution < 1.29 is 14.7 Å². The van der Waals surface area contributed by atoms with Crippen molar-refractivity contribution in [2.45, 2.75) is 0 Å². The summed E-state index contributed by atoms with van der Waals surface area (Å²) in [4.78, 5) is 16.3. The summed E-state index contributed by atoms with van der Waals surface area (Å²) < 4.78 is 0. The van der Waals surface area contributed by atoms with Crippen LogP contribution in [0.15, 0.2) is 54.6 Å². The molecule has 0 aliphatic carbocycles. The van der Waals surface area contributed by atoms with E-state index in [-0.39, 0.29) is 11.3 Å². The van der Waals surface area contributed by atoms with Crippen LogP contribution in [0.2, 0.25) is 0 Å². The normalized spacial score (nSPS) is 9.78. The fourth-order valence-corrected chi connectivity index (χ4v) is 1.35. The molecule has 2 rings (SSSR count). The zero-order valence-electron chi connectivity index (χ0n) is 9.46. The van der Waals surface area contributed by atoms with Crippen LogP contribution in [0.25, 0.3) is 0 Å². The van der Waals surface area contributed by atoms with Gasteiger partial charge in [0, 0.05) is 0 Å². The average Bonchev–Trinajstić information content (AvgIpc) is 2.40. The first-order valence-electron chi connectivity index (χ1n) is 5.32. The molecule has 0 radical (unpaired) electrons. The second kappa shape index (κ2) is 5.70. The maximum atomic E-state index is 11.6. The molecule has 0 aromatic heterocycles. The van der Waals surface area contributed by atoms with E-state index in [4.69, 9.17) is 4.84 Å². The van der Waals surface area contributed by atoms with Gasteiger partial charge < -0.3 is 9.94 Å². The number of hydrogen-bond acceptors (Lipinski definition) is 5. The zero-order chi connectivity index (χ0) is 12.8. The minimum Gasteiger partial charge on any atom is -0.507 e. The molecular formula is C13H12N2O3. The van der Waals surface area contributed by atoms with Crippen LogP contribution in [0.3, 0.4) is 0 Å². The van der Waals surface area contributed by atoms with Crippen LogP contribution in [0.5, 0.6) is 5.75 Å². The van der Waals surface area contributed by atoms with Gasteiger partial charge in [0.05, 0.1) is 5.69 Å². The van der Waals surface area contributed by atoms with E-state index in [1.807, 2.05) is 18.2 Å². The molecule has 0 spiro atoms. The van der Waals surface area contributed by atoms with Gasteiger partial charge in [-0.05, 0) is 24.3 Å². The maximum Gasteiger partial charge on any atom is 0.362 e. The summed E-state index contributed by atoms with van der Waals surface area (Å²) in [5.74, 6) is -0.791. The molecule has 2 aromatic carbocycles. The van der Waals surface area contributed by atoms with Crippen LogP contribution in [-0.2, 0) is 4.84 Å². The van der Waals surface area contributed by atoms with Crippen molar-refractivity contribution in [1.29, 1.82) is 0 Å².